The van der Waals surface area contributed by atoms with Crippen LogP contribution in [-0.2, 0) is 19.7 Å². The van der Waals surface area contributed by atoms with Crippen LogP contribution < -0.4 is 5.32 Å². The molecule has 2 aliphatic rings. The van der Waals surface area contributed by atoms with Gasteiger partial charge in [-0.3, -0.25) is 4.90 Å². The van der Waals surface area contributed by atoms with Gasteiger partial charge >= 0.3 is 0 Å². The van der Waals surface area contributed by atoms with E-state index in [0.717, 1.165) is 12.3 Å². The predicted molar refractivity (Wildman–Crippen MR) is 82.6 cm³/mol. The topological polar surface area (TPSA) is 83.6 Å². The van der Waals surface area contributed by atoms with Crippen molar-refractivity contribution in [2.75, 3.05) is 48.9 Å². The maximum atomic E-state index is 11.7. The van der Waals surface area contributed by atoms with Gasteiger partial charge in [-0.2, -0.15) is 11.8 Å². The summed E-state index contributed by atoms with van der Waals surface area (Å²) < 4.78 is 46.2. The van der Waals surface area contributed by atoms with Gasteiger partial charge < -0.3 is 5.32 Å². The SMILES string of the molecule is CS(=O)(=O)C1CSCCN1CCNC1CCS(=O)(=O)C1. The molecule has 0 aromatic carbocycles. The fraction of sp³-hybridized carbons (Fsp3) is 1.00. The van der Waals surface area contributed by atoms with Gasteiger partial charge in [0.05, 0.1) is 11.5 Å². The lowest BCUT2D eigenvalue weighted by atomic mass is 10.2. The largest absolute Gasteiger partial charge is 0.312 e. The molecule has 2 rings (SSSR count). The number of hydrogen-bond acceptors (Lipinski definition) is 7. The summed E-state index contributed by atoms with van der Waals surface area (Å²) in [4.78, 5) is 1.99. The molecule has 6 nitrogen and oxygen atoms in total. The lowest BCUT2D eigenvalue weighted by Crippen LogP contribution is -2.49. The van der Waals surface area contributed by atoms with Gasteiger partial charge in [0.15, 0.2) is 19.7 Å². The lowest BCUT2D eigenvalue weighted by molar-refractivity contribution is 0.267. The van der Waals surface area contributed by atoms with Crippen molar-refractivity contribution < 1.29 is 16.8 Å². The van der Waals surface area contributed by atoms with Crippen LogP contribution in [-0.4, -0.2) is 82.1 Å². The Balaban J connectivity index is 1.80. The average molecular weight is 343 g/mol. The first-order chi connectivity index (χ1) is 9.28. The zero-order chi connectivity index (χ0) is 14.8. The number of rotatable bonds is 5. The molecule has 0 spiro atoms. The van der Waals surface area contributed by atoms with Crippen LogP contribution in [0.2, 0.25) is 0 Å². The molecular weight excluding hydrogens is 320 g/mol. The molecule has 0 radical (unpaired) electrons. The number of hydrogen-bond donors (Lipinski definition) is 1. The maximum absolute atomic E-state index is 11.7. The molecule has 2 fully saturated rings. The lowest BCUT2D eigenvalue weighted by Gasteiger charge is -2.34. The van der Waals surface area contributed by atoms with Gasteiger partial charge in [-0.1, -0.05) is 0 Å². The standard InChI is InChI=1S/C11H22N2O4S3/c1-19(14,15)11-8-18-6-5-13(11)4-3-12-10-2-7-20(16,17)9-10/h10-12H,2-9H2,1H3. The third kappa shape index (κ3) is 4.59. The van der Waals surface area contributed by atoms with E-state index >= 15 is 0 Å². The van der Waals surface area contributed by atoms with Crippen LogP contribution in [0.5, 0.6) is 0 Å². The van der Waals surface area contributed by atoms with Crippen LogP contribution in [0.25, 0.3) is 0 Å². The molecule has 0 bridgehead atoms. The Morgan fingerprint density at radius 1 is 1.40 bits per heavy atom. The molecular formula is C11H22N2O4S3. The molecule has 0 saturated carbocycles. The van der Waals surface area contributed by atoms with Crippen molar-refractivity contribution in [2.45, 2.75) is 17.8 Å². The zero-order valence-electron chi connectivity index (χ0n) is 11.6. The van der Waals surface area contributed by atoms with Crippen LogP contribution >= 0.6 is 11.8 Å². The second kappa shape index (κ2) is 6.51. The number of sulfone groups is 2. The van der Waals surface area contributed by atoms with Crippen LogP contribution in [0, 0.1) is 0 Å². The first kappa shape index (κ1) is 16.5. The smallest absolute Gasteiger partial charge is 0.164 e. The van der Waals surface area contributed by atoms with Gasteiger partial charge in [0.25, 0.3) is 0 Å². The summed E-state index contributed by atoms with van der Waals surface area (Å²) in [5, 5.41) is 2.83. The van der Waals surface area contributed by atoms with Crippen molar-refractivity contribution in [2.24, 2.45) is 0 Å². The minimum atomic E-state index is -3.06. The molecule has 2 aliphatic heterocycles. The van der Waals surface area contributed by atoms with Gasteiger partial charge in [0.2, 0.25) is 0 Å². The van der Waals surface area contributed by atoms with Crippen LogP contribution in [0.15, 0.2) is 0 Å². The highest BCUT2D eigenvalue weighted by atomic mass is 32.2. The monoisotopic (exact) mass is 342 g/mol. The molecule has 2 heterocycles. The van der Waals surface area contributed by atoms with Crippen molar-refractivity contribution in [3.05, 3.63) is 0 Å². The Hall–Kier alpha value is 0.170. The van der Waals surface area contributed by atoms with Gasteiger partial charge in [-0.15, -0.1) is 0 Å². The summed E-state index contributed by atoms with van der Waals surface area (Å²) in [5.41, 5.74) is 0. The Kier molecular flexibility index (Phi) is 5.39. The van der Waals surface area contributed by atoms with Gasteiger partial charge in [0, 0.05) is 43.4 Å². The fourth-order valence-corrected chi connectivity index (χ4v) is 7.31. The molecule has 0 aromatic rings. The van der Waals surface area contributed by atoms with Crippen LogP contribution in [0.1, 0.15) is 6.42 Å². The Morgan fingerprint density at radius 3 is 2.75 bits per heavy atom. The summed E-state index contributed by atoms with van der Waals surface area (Å²) in [6.45, 7) is 2.05. The van der Waals surface area contributed by atoms with Gasteiger partial charge in [-0.25, -0.2) is 16.8 Å². The molecule has 0 amide bonds. The van der Waals surface area contributed by atoms with E-state index in [1.165, 1.54) is 6.26 Å². The summed E-state index contributed by atoms with van der Waals surface area (Å²) in [6, 6.07) is 0.0239. The summed E-state index contributed by atoms with van der Waals surface area (Å²) in [7, 11) is -5.92. The van der Waals surface area contributed by atoms with E-state index in [-0.39, 0.29) is 17.5 Å². The van der Waals surface area contributed by atoms with Crippen molar-refractivity contribution in [3.8, 4) is 0 Å². The molecule has 20 heavy (non-hydrogen) atoms. The average Bonchev–Trinajstić information content (AvgIpc) is 2.68. The highest BCUT2D eigenvalue weighted by molar-refractivity contribution is 8.00. The van der Waals surface area contributed by atoms with Crippen molar-refractivity contribution >= 4 is 31.4 Å². The van der Waals surface area contributed by atoms with E-state index < -0.39 is 25.0 Å². The Bertz CT molecular complexity index is 532. The fourth-order valence-electron chi connectivity index (χ4n) is 2.63. The molecule has 2 atom stereocenters. The Morgan fingerprint density at radius 2 is 2.15 bits per heavy atom. The minimum Gasteiger partial charge on any atom is -0.312 e. The summed E-state index contributed by atoms with van der Waals surface area (Å²) in [6.07, 6.45) is 1.95. The van der Waals surface area contributed by atoms with Crippen molar-refractivity contribution in [3.63, 3.8) is 0 Å². The number of nitrogens with zero attached hydrogens (tertiary/aromatic N) is 1. The van der Waals surface area contributed by atoms with E-state index in [4.69, 9.17) is 0 Å². The molecule has 1 N–H and O–H groups in total. The second-order valence-electron chi connectivity index (χ2n) is 5.45. The van der Waals surface area contributed by atoms with Gasteiger partial charge in [-0.05, 0) is 6.42 Å². The summed E-state index contributed by atoms with van der Waals surface area (Å²) in [5.74, 6) is 2.04. The van der Waals surface area contributed by atoms with E-state index in [1.807, 2.05) is 4.90 Å². The second-order valence-corrected chi connectivity index (χ2v) is 11.0. The first-order valence-electron chi connectivity index (χ1n) is 6.72. The number of thioether (sulfide) groups is 1. The van der Waals surface area contributed by atoms with Crippen molar-refractivity contribution in [1.82, 2.24) is 10.2 Å². The van der Waals surface area contributed by atoms with E-state index in [9.17, 15) is 16.8 Å². The van der Waals surface area contributed by atoms with Crippen LogP contribution in [0.4, 0.5) is 0 Å². The molecule has 2 unspecified atom stereocenters. The first-order valence-corrected chi connectivity index (χ1v) is 11.7. The number of nitrogens with one attached hydrogen (secondary N) is 1. The molecule has 0 aliphatic carbocycles. The summed E-state index contributed by atoms with van der Waals surface area (Å²) >= 11 is 1.67. The van der Waals surface area contributed by atoms with E-state index in [1.54, 1.807) is 11.8 Å². The normalized spacial score (nSPS) is 31.4. The highest BCUT2D eigenvalue weighted by Gasteiger charge is 2.31. The van der Waals surface area contributed by atoms with Gasteiger partial charge in [0.1, 0.15) is 5.37 Å². The van der Waals surface area contributed by atoms with E-state index in [2.05, 4.69) is 5.32 Å². The zero-order valence-corrected chi connectivity index (χ0v) is 14.1. The van der Waals surface area contributed by atoms with Crippen LogP contribution in [0.3, 0.4) is 0 Å². The Labute approximate surface area is 125 Å². The minimum absolute atomic E-state index is 0.0239. The highest BCUT2D eigenvalue weighted by Crippen LogP contribution is 2.19. The molecule has 0 aromatic heterocycles. The quantitative estimate of drug-likeness (QED) is 0.699. The third-order valence-electron chi connectivity index (χ3n) is 3.75. The maximum Gasteiger partial charge on any atom is 0.164 e. The van der Waals surface area contributed by atoms with E-state index in [0.29, 0.717) is 25.3 Å². The molecule has 9 heteroatoms. The molecule has 118 valence electrons. The third-order valence-corrected chi connectivity index (χ3v) is 8.20. The molecule has 2 saturated heterocycles. The predicted octanol–water partition coefficient (Wildman–Crippen LogP) is -0.817. The van der Waals surface area contributed by atoms with Crippen molar-refractivity contribution in [1.29, 1.82) is 0 Å².